The van der Waals surface area contributed by atoms with Gasteiger partial charge in [0.2, 0.25) is 5.91 Å². The summed E-state index contributed by atoms with van der Waals surface area (Å²) < 4.78 is 11.3. The zero-order valence-corrected chi connectivity index (χ0v) is 15.9. The number of fused-ring (bicyclic) bond motifs is 1. The Kier molecular flexibility index (Phi) is 5.97. The average Bonchev–Trinajstić information content (AvgIpc) is 2.79. The van der Waals surface area contributed by atoms with Crippen molar-refractivity contribution in [2.75, 3.05) is 13.2 Å². The van der Waals surface area contributed by atoms with Crippen molar-refractivity contribution in [3.8, 4) is 11.5 Å². The van der Waals surface area contributed by atoms with Crippen LogP contribution in [-0.4, -0.2) is 29.1 Å². The van der Waals surface area contributed by atoms with Crippen LogP contribution in [0.1, 0.15) is 22.7 Å². The van der Waals surface area contributed by atoms with Crippen LogP contribution in [0, 0.1) is 0 Å². The summed E-state index contributed by atoms with van der Waals surface area (Å²) in [7, 11) is 0. The number of hydrogen-bond acceptors (Lipinski definition) is 6. The highest BCUT2D eigenvalue weighted by atomic mass is 16.6. The van der Waals surface area contributed by atoms with Crippen molar-refractivity contribution < 1.29 is 14.3 Å². The number of hydrogen-bond donors (Lipinski definition) is 2. The van der Waals surface area contributed by atoms with Gasteiger partial charge in [-0.1, -0.05) is 6.07 Å². The van der Waals surface area contributed by atoms with Gasteiger partial charge >= 0.3 is 0 Å². The summed E-state index contributed by atoms with van der Waals surface area (Å²) in [6.07, 6.45) is 6.89. The molecular formula is C22H22N4O3. The summed E-state index contributed by atoms with van der Waals surface area (Å²) in [5.74, 6) is 1.24. The second-order valence-corrected chi connectivity index (χ2v) is 6.65. The number of amides is 1. The summed E-state index contributed by atoms with van der Waals surface area (Å²) in [5.41, 5.74) is 2.85. The van der Waals surface area contributed by atoms with E-state index in [1.54, 1.807) is 24.8 Å². The number of aromatic nitrogens is 2. The Bertz CT molecular complexity index is 951. The minimum Gasteiger partial charge on any atom is -0.486 e. The molecule has 148 valence electrons. The third kappa shape index (κ3) is 4.89. The first kappa shape index (κ1) is 18.9. The van der Waals surface area contributed by atoms with E-state index in [1.165, 1.54) is 0 Å². The number of benzene rings is 1. The Morgan fingerprint density at radius 1 is 0.862 bits per heavy atom. The fraction of sp³-hybridized carbons (Fsp3) is 0.227. The summed E-state index contributed by atoms with van der Waals surface area (Å²) in [6.45, 7) is 1.99. The van der Waals surface area contributed by atoms with Gasteiger partial charge < -0.3 is 14.8 Å². The third-order valence-electron chi connectivity index (χ3n) is 4.64. The molecule has 1 aliphatic heterocycles. The Labute approximate surface area is 169 Å². The van der Waals surface area contributed by atoms with Crippen molar-refractivity contribution in [1.29, 1.82) is 0 Å². The largest absolute Gasteiger partial charge is 0.486 e. The fourth-order valence-electron chi connectivity index (χ4n) is 3.11. The number of carbonyl (C=O) groups is 1. The first-order valence-electron chi connectivity index (χ1n) is 9.48. The van der Waals surface area contributed by atoms with Crippen LogP contribution < -0.4 is 20.1 Å². The molecule has 1 amide bonds. The van der Waals surface area contributed by atoms with E-state index >= 15 is 0 Å². The normalized spacial score (nSPS) is 13.5. The molecule has 7 heteroatoms. The van der Waals surface area contributed by atoms with Crippen LogP contribution in [0.5, 0.6) is 11.5 Å². The van der Waals surface area contributed by atoms with Crippen molar-refractivity contribution >= 4 is 5.91 Å². The second kappa shape index (κ2) is 9.16. The molecular weight excluding hydrogens is 368 g/mol. The van der Waals surface area contributed by atoms with Gasteiger partial charge in [0, 0.05) is 37.9 Å². The Morgan fingerprint density at radius 3 is 2.17 bits per heavy atom. The maximum Gasteiger partial charge on any atom is 0.242 e. The maximum absolute atomic E-state index is 13.0. The van der Waals surface area contributed by atoms with E-state index in [1.807, 2.05) is 42.5 Å². The molecule has 4 rings (SSSR count). The molecule has 0 spiro atoms. The number of pyridine rings is 2. The Balaban J connectivity index is 1.52. The van der Waals surface area contributed by atoms with Crippen molar-refractivity contribution in [3.05, 3.63) is 83.9 Å². The lowest BCUT2D eigenvalue weighted by molar-refractivity contribution is -0.123. The smallest absolute Gasteiger partial charge is 0.242 e. The molecule has 0 bridgehead atoms. The molecule has 2 N–H and O–H groups in total. The van der Waals surface area contributed by atoms with E-state index < -0.39 is 6.04 Å². The van der Waals surface area contributed by atoms with Gasteiger partial charge in [-0.3, -0.25) is 20.1 Å². The molecule has 7 nitrogen and oxygen atoms in total. The molecule has 0 saturated heterocycles. The molecule has 0 aliphatic carbocycles. The molecule has 29 heavy (non-hydrogen) atoms. The first-order chi connectivity index (χ1) is 14.3. The molecule has 2 aromatic heterocycles. The van der Waals surface area contributed by atoms with Gasteiger partial charge in [-0.15, -0.1) is 0 Å². The number of rotatable bonds is 7. The predicted molar refractivity (Wildman–Crippen MR) is 107 cm³/mol. The lowest BCUT2D eigenvalue weighted by atomic mass is 10.0. The Morgan fingerprint density at radius 2 is 1.48 bits per heavy atom. The van der Waals surface area contributed by atoms with Crippen LogP contribution >= 0.6 is 0 Å². The zero-order valence-electron chi connectivity index (χ0n) is 15.9. The SMILES string of the molecule is O=C(NCc1ccncc1)C(NCc1ccncc1)c1ccc2c(c1)OCCO2. The van der Waals surface area contributed by atoms with E-state index in [0.29, 0.717) is 37.8 Å². The third-order valence-corrected chi connectivity index (χ3v) is 4.64. The fourth-order valence-corrected chi connectivity index (χ4v) is 3.11. The van der Waals surface area contributed by atoms with Gasteiger partial charge in [0.15, 0.2) is 11.5 Å². The lowest BCUT2D eigenvalue weighted by Gasteiger charge is -2.23. The van der Waals surface area contributed by atoms with E-state index in [0.717, 1.165) is 16.7 Å². The first-order valence-corrected chi connectivity index (χ1v) is 9.48. The molecule has 0 radical (unpaired) electrons. The topological polar surface area (TPSA) is 85.4 Å². The predicted octanol–water partition coefficient (Wildman–Crippen LogP) is 2.40. The monoisotopic (exact) mass is 390 g/mol. The van der Waals surface area contributed by atoms with Crippen LogP contribution in [0.3, 0.4) is 0 Å². The highest BCUT2D eigenvalue weighted by Crippen LogP contribution is 2.32. The van der Waals surface area contributed by atoms with Crippen molar-refractivity contribution in [3.63, 3.8) is 0 Å². The number of nitrogens with one attached hydrogen (secondary N) is 2. The standard InChI is InChI=1S/C22H22N4O3/c27-22(26-15-17-5-9-24-10-6-17)21(25-14-16-3-7-23-8-4-16)18-1-2-19-20(13-18)29-12-11-28-19/h1-10,13,21,25H,11-12,14-15H2,(H,26,27). The number of ether oxygens (including phenoxy) is 2. The molecule has 1 atom stereocenters. The molecule has 1 aromatic carbocycles. The highest BCUT2D eigenvalue weighted by molar-refractivity contribution is 5.83. The van der Waals surface area contributed by atoms with Gasteiger partial charge in [-0.05, 0) is 53.1 Å². The summed E-state index contributed by atoms with van der Waals surface area (Å²) >= 11 is 0. The number of carbonyl (C=O) groups excluding carboxylic acids is 1. The van der Waals surface area contributed by atoms with Gasteiger partial charge in [0.25, 0.3) is 0 Å². The van der Waals surface area contributed by atoms with Crippen LogP contribution in [0.2, 0.25) is 0 Å². The van der Waals surface area contributed by atoms with Crippen molar-refractivity contribution in [1.82, 2.24) is 20.6 Å². The van der Waals surface area contributed by atoms with E-state index in [4.69, 9.17) is 9.47 Å². The summed E-state index contributed by atoms with van der Waals surface area (Å²) in [5, 5.41) is 6.35. The van der Waals surface area contributed by atoms with Crippen molar-refractivity contribution in [2.45, 2.75) is 19.1 Å². The number of nitrogens with zero attached hydrogens (tertiary/aromatic N) is 2. The van der Waals surface area contributed by atoms with E-state index in [-0.39, 0.29) is 5.91 Å². The van der Waals surface area contributed by atoms with Crippen LogP contribution in [0.4, 0.5) is 0 Å². The average molecular weight is 390 g/mol. The molecule has 1 aliphatic rings. The minimum atomic E-state index is -0.541. The van der Waals surface area contributed by atoms with Gasteiger partial charge in [-0.2, -0.15) is 0 Å². The zero-order chi connectivity index (χ0) is 19.9. The van der Waals surface area contributed by atoms with Crippen LogP contribution in [0.15, 0.2) is 67.3 Å². The van der Waals surface area contributed by atoms with Gasteiger partial charge in [-0.25, -0.2) is 0 Å². The Hall–Kier alpha value is -3.45. The quantitative estimate of drug-likeness (QED) is 0.644. The van der Waals surface area contributed by atoms with Crippen LogP contribution in [0.25, 0.3) is 0 Å². The van der Waals surface area contributed by atoms with Gasteiger partial charge in [0.1, 0.15) is 19.3 Å². The second-order valence-electron chi connectivity index (χ2n) is 6.65. The van der Waals surface area contributed by atoms with E-state index in [2.05, 4.69) is 20.6 Å². The molecule has 3 aromatic rings. The molecule has 3 heterocycles. The van der Waals surface area contributed by atoms with Crippen molar-refractivity contribution in [2.24, 2.45) is 0 Å². The van der Waals surface area contributed by atoms with Crippen LogP contribution in [-0.2, 0) is 17.9 Å². The van der Waals surface area contributed by atoms with E-state index in [9.17, 15) is 4.79 Å². The minimum absolute atomic E-state index is 0.118. The van der Waals surface area contributed by atoms with Gasteiger partial charge in [0.05, 0.1) is 0 Å². The lowest BCUT2D eigenvalue weighted by Crippen LogP contribution is -2.37. The summed E-state index contributed by atoms with van der Waals surface area (Å²) in [6, 6.07) is 12.7. The molecule has 1 unspecified atom stereocenters. The highest BCUT2D eigenvalue weighted by Gasteiger charge is 2.23. The molecule has 0 fully saturated rings. The summed E-state index contributed by atoms with van der Waals surface area (Å²) in [4.78, 5) is 21.1. The molecule has 0 saturated carbocycles. The maximum atomic E-state index is 13.0.